The van der Waals surface area contributed by atoms with E-state index in [1.165, 1.54) is 16.2 Å². The van der Waals surface area contributed by atoms with E-state index >= 15 is 0 Å². The molecule has 8 heteroatoms. The molecule has 0 spiro atoms. The number of carbonyl (C=O) groups is 2. The Bertz CT molecular complexity index is 631. The molecule has 7 nitrogen and oxygen atoms in total. The fraction of sp³-hybridized carbons (Fsp3) is 0.231. The van der Waals surface area contributed by atoms with Gasteiger partial charge in [0.15, 0.2) is 5.13 Å². The summed E-state index contributed by atoms with van der Waals surface area (Å²) in [4.78, 5) is 35.3. The lowest BCUT2D eigenvalue weighted by Gasteiger charge is -2.33. The number of pyridine rings is 1. The SMILES string of the molecule is O=C(Nc1nccs1)N1CCN(c2cccnc2)C(=O)C1. The van der Waals surface area contributed by atoms with Gasteiger partial charge in [-0.05, 0) is 12.1 Å². The number of hydrogen-bond acceptors (Lipinski definition) is 5. The largest absolute Gasteiger partial charge is 0.324 e. The Balaban J connectivity index is 1.63. The van der Waals surface area contributed by atoms with Crippen LogP contribution < -0.4 is 10.2 Å². The van der Waals surface area contributed by atoms with Crippen LogP contribution >= 0.6 is 11.3 Å². The second-order valence-corrected chi connectivity index (χ2v) is 5.34. The average molecular weight is 303 g/mol. The molecule has 0 atom stereocenters. The second-order valence-electron chi connectivity index (χ2n) is 4.45. The van der Waals surface area contributed by atoms with Gasteiger partial charge in [-0.25, -0.2) is 9.78 Å². The van der Waals surface area contributed by atoms with Gasteiger partial charge in [0.1, 0.15) is 6.54 Å². The van der Waals surface area contributed by atoms with Gasteiger partial charge < -0.3 is 9.80 Å². The standard InChI is InChI=1S/C13H13N5O2S/c19-11-9-17(13(20)16-12-15-4-7-21-12)5-6-18(11)10-2-1-3-14-8-10/h1-4,7-8H,5-6,9H2,(H,15,16,20). The zero-order valence-electron chi connectivity index (χ0n) is 11.1. The molecule has 2 aromatic rings. The minimum atomic E-state index is -0.302. The van der Waals surface area contributed by atoms with Crippen molar-refractivity contribution in [2.24, 2.45) is 0 Å². The van der Waals surface area contributed by atoms with E-state index in [-0.39, 0.29) is 18.5 Å². The summed E-state index contributed by atoms with van der Waals surface area (Å²) >= 11 is 1.34. The molecule has 3 heterocycles. The Morgan fingerprint density at radius 2 is 2.24 bits per heavy atom. The predicted octanol–water partition coefficient (Wildman–Crippen LogP) is 1.42. The lowest BCUT2D eigenvalue weighted by molar-refractivity contribution is -0.120. The first-order valence-corrected chi connectivity index (χ1v) is 7.28. The minimum Gasteiger partial charge on any atom is -0.313 e. The highest BCUT2D eigenvalue weighted by atomic mass is 32.1. The number of nitrogens with one attached hydrogen (secondary N) is 1. The first-order valence-electron chi connectivity index (χ1n) is 6.40. The molecule has 1 saturated heterocycles. The third-order valence-corrected chi connectivity index (χ3v) is 3.80. The molecular formula is C13H13N5O2S. The van der Waals surface area contributed by atoms with E-state index in [4.69, 9.17) is 0 Å². The molecule has 0 aliphatic carbocycles. The Hall–Kier alpha value is -2.48. The van der Waals surface area contributed by atoms with Crippen LogP contribution in [0.25, 0.3) is 0 Å². The summed E-state index contributed by atoms with van der Waals surface area (Å²) in [5.41, 5.74) is 0.752. The van der Waals surface area contributed by atoms with Gasteiger partial charge in [0.2, 0.25) is 5.91 Å². The maximum Gasteiger partial charge on any atom is 0.324 e. The van der Waals surface area contributed by atoms with Crippen molar-refractivity contribution in [2.75, 3.05) is 29.9 Å². The minimum absolute atomic E-state index is 0.0477. The number of thiazole rings is 1. The van der Waals surface area contributed by atoms with Crippen molar-refractivity contribution in [2.45, 2.75) is 0 Å². The summed E-state index contributed by atoms with van der Waals surface area (Å²) in [6, 6.07) is 3.31. The van der Waals surface area contributed by atoms with Crippen molar-refractivity contribution < 1.29 is 9.59 Å². The molecule has 21 heavy (non-hydrogen) atoms. The fourth-order valence-corrected chi connectivity index (χ4v) is 2.61. The number of hydrogen-bond donors (Lipinski definition) is 1. The molecule has 0 unspecified atom stereocenters. The average Bonchev–Trinajstić information content (AvgIpc) is 3.01. The van der Waals surface area contributed by atoms with E-state index in [0.717, 1.165) is 5.69 Å². The normalized spacial score (nSPS) is 15.1. The maximum absolute atomic E-state index is 12.2. The van der Waals surface area contributed by atoms with Gasteiger partial charge in [0.25, 0.3) is 0 Å². The van der Waals surface area contributed by atoms with Gasteiger partial charge in [0, 0.05) is 30.9 Å². The zero-order chi connectivity index (χ0) is 14.7. The number of carbonyl (C=O) groups excluding carboxylic acids is 2. The van der Waals surface area contributed by atoms with Gasteiger partial charge in [-0.2, -0.15) is 0 Å². The summed E-state index contributed by atoms with van der Waals surface area (Å²) in [5.74, 6) is -0.122. The van der Waals surface area contributed by atoms with E-state index in [1.54, 1.807) is 34.9 Å². The summed E-state index contributed by atoms with van der Waals surface area (Å²) in [5, 5.41) is 4.99. The Morgan fingerprint density at radius 3 is 2.90 bits per heavy atom. The van der Waals surface area contributed by atoms with Gasteiger partial charge in [-0.15, -0.1) is 11.3 Å². The molecule has 0 bridgehead atoms. The predicted molar refractivity (Wildman–Crippen MR) is 79.3 cm³/mol. The molecule has 1 aliphatic heterocycles. The third-order valence-electron chi connectivity index (χ3n) is 3.11. The summed E-state index contributed by atoms with van der Waals surface area (Å²) < 4.78 is 0. The Labute approximate surface area is 125 Å². The molecule has 2 aromatic heterocycles. The van der Waals surface area contributed by atoms with E-state index in [0.29, 0.717) is 18.2 Å². The monoisotopic (exact) mass is 303 g/mol. The van der Waals surface area contributed by atoms with Gasteiger partial charge in [-0.1, -0.05) is 0 Å². The third kappa shape index (κ3) is 3.00. The molecule has 0 saturated carbocycles. The smallest absolute Gasteiger partial charge is 0.313 e. The molecular weight excluding hydrogens is 290 g/mol. The fourth-order valence-electron chi connectivity index (χ4n) is 2.09. The van der Waals surface area contributed by atoms with E-state index in [9.17, 15) is 9.59 Å². The zero-order valence-corrected chi connectivity index (χ0v) is 11.9. The lowest BCUT2D eigenvalue weighted by Crippen LogP contribution is -2.53. The van der Waals surface area contributed by atoms with Gasteiger partial charge >= 0.3 is 6.03 Å². The van der Waals surface area contributed by atoms with Crippen LogP contribution in [0.3, 0.4) is 0 Å². The first kappa shape index (κ1) is 13.5. The number of rotatable bonds is 2. The number of nitrogens with zero attached hydrogens (tertiary/aromatic N) is 4. The maximum atomic E-state index is 12.2. The number of piperazine rings is 1. The van der Waals surface area contributed by atoms with Crippen molar-refractivity contribution in [1.29, 1.82) is 0 Å². The van der Waals surface area contributed by atoms with Gasteiger partial charge in [-0.3, -0.25) is 15.1 Å². The highest BCUT2D eigenvalue weighted by Gasteiger charge is 2.28. The molecule has 0 aromatic carbocycles. The van der Waals surface area contributed by atoms with Crippen LogP contribution in [0.1, 0.15) is 0 Å². The molecule has 0 radical (unpaired) electrons. The molecule has 3 rings (SSSR count). The Morgan fingerprint density at radius 1 is 1.33 bits per heavy atom. The van der Waals surface area contributed by atoms with Crippen molar-refractivity contribution in [3.8, 4) is 0 Å². The van der Waals surface area contributed by atoms with Crippen molar-refractivity contribution in [3.05, 3.63) is 36.1 Å². The van der Waals surface area contributed by atoms with Crippen LogP contribution in [-0.2, 0) is 4.79 Å². The quantitative estimate of drug-likeness (QED) is 0.910. The van der Waals surface area contributed by atoms with Crippen LogP contribution in [0.5, 0.6) is 0 Å². The molecule has 1 aliphatic rings. The van der Waals surface area contributed by atoms with Crippen LogP contribution in [-0.4, -0.2) is 46.4 Å². The lowest BCUT2D eigenvalue weighted by atomic mass is 10.2. The molecule has 1 N–H and O–H groups in total. The number of anilines is 2. The number of urea groups is 1. The summed E-state index contributed by atoms with van der Waals surface area (Å²) in [6.07, 6.45) is 4.92. The van der Waals surface area contributed by atoms with Crippen LogP contribution in [0.4, 0.5) is 15.6 Å². The van der Waals surface area contributed by atoms with Crippen LogP contribution in [0.2, 0.25) is 0 Å². The van der Waals surface area contributed by atoms with E-state index in [2.05, 4.69) is 15.3 Å². The highest BCUT2D eigenvalue weighted by molar-refractivity contribution is 7.13. The van der Waals surface area contributed by atoms with Gasteiger partial charge in [0.05, 0.1) is 11.9 Å². The van der Waals surface area contributed by atoms with Crippen LogP contribution in [0.15, 0.2) is 36.1 Å². The van der Waals surface area contributed by atoms with Crippen molar-refractivity contribution in [1.82, 2.24) is 14.9 Å². The Kier molecular flexibility index (Phi) is 3.78. The van der Waals surface area contributed by atoms with E-state index < -0.39 is 0 Å². The van der Waals surface area contributed by atoms with Crippen LogP contribution in [0, 0.1) is 0 Å². The van der Waals surface area contributed by atoms with E-state index in [1.807, 2.05) is 6.07 Å². The summed E-state index contributed by atoms with van der Waals surface area (Å²) in [6.45, 7) is 0.972. The summed E-state index contributed by atoms with van der Waals surface area (Å²) in [7, 11) is 0. The number of amides is 3. The molecule has 1 fully saturated rings. The molecule has 3 amide bonds. The van der Waals surface area contributed by atoms with Crippen molar-refractivity contribution in [3.63, 3.8) is 0 Å². The second kappa shape index (κ2) is 5.88. The van der Waals surface area contributed by atoms with Crippen molar-refractivity contribution >= 4 is 34.1 Å². The topological polar surface area (TPSA) is 78.4 Å². The molecule has 108 valence electrons. The first-order chi connectivity index (χ1) is 10.2. The number of aromatic nitrogens is 2. The highest BCUT2D eigenvalue weighted by Crippen LogP contribution is 2.17.